The molecule has 26 heavy (non-hydrogen) atoms. The number of pyridine rings is 1. The molecule has 0 unspecified atom stereocenters. The Morgan fingerprint density at radius 2 is 1.88 bits per heavy atom. The number of nitrogens with zero attached hydrogens (tertiary/aromatic N) is 1. The summed E-state index contributed by atoms with van der Waals surface area (Å²) in [5, 5.41) is 2.92. The molecule has 0 spiro atoms. The highest BCUT2D eigenvalue weighted by atomic mass is 32.2. The number of anilines is 1. The Morgan fingerprint density at radius 1 is 1.08 bits per heavy atom. The molecule has 0 radical (unpaired) electrons. The Morgan fingerprint density at radius 3 is 2.65 bits per heavy atom. The number of thioether (sulfide) groups is 1. The van der Waals surface area contributed by atoms with E-state index in [-0.39, 0.29) is 11.5 Å². The molecule has 132 valence electrons. The van der Waals surface area contributed by atoms with Crippen LogP contribution in [0.25, 0.3) is 0 Å². The predicted octanol–water partition coefficient (Wildman–Crippen LogP) is 4.18. The lowest BCUT2D eigenvalue weighted by Crippen LogP contribution is -2.22. The molecule has 5 heteroatoms. The summed E-state index contributed by atoms with van der Waals surface area (Å²) in [6.45, 7) is 2.45. The van der Waals surface area contributed by atoms with Gasteiger partial charge in [0, 0.05) is 17.2 Å². The Kier molecular flexibility index (Phi) is 5.58. The number of aryl methyl sites for hydroxylation is 1. The van der Waals surface area contributed by atoms with Crippen LogP contribution in [0.3, 0.4) is 0 Å². The van der Waals surface area contributed by atoms with Crippen LogP contribution in [-0.4, -0.2) is 16.7 Å². The first-order valence-electron chi connectivity index (χ1n) is 8.27. The van der Waals surface area contributed by atoms with Crippen molar-refractivity contribution in [3.8, 4) is 0 Å². The van der Waals surface area contributed by atoms with Crippen molar-refractivity contribution in [3.05, 3.63) is 93.9 Å². The lowest BCUT2D eigenvalue weighted by molar-refractivity contribution is 0.102. The van der Waals surface area contributed by atoms with Crippen molar-refractivity contribution in [1.82, 2.24) is 4.57 Å². The lowest BCUT2D eigenvalue weighted by Gasteiger charge is -2.11. The molecule has 0 atom stereocenters. The molecule has 1 heterocycles. The van der Waals surface area contributed by atoms with E-state index in [0.29, 0.717) is 12.1 Å². The van der Waals surface area contributed by atoms with Crippen LogP contribution in [-0.2, 0) is 6.54 Å². The number of nitrogens with one attached hydrogen (secondary N) is 1. The van der Waals surface area contributed by atoms with Crippen molar-refractivity contribution < 1.29 is 4.79 Å². The van der Waals surface area contributed by atoms with E-state index in [4.69, 9.17) is 0 Å². The largest absolute Gasteiger partial charge is 0.321 e. The summed E-state index contributed by atoms with van der Waals surface area (Å²) >= 11 is 1.57. The van der Waals surface area contributed by atoms with E-state index in [0.717, 1.165) is 21.7 Å². The number of benzene rings is 2. The fourth-order valence-corrected chi connectivity index (χ4v) is 3.29. The van der Waals surface area contributed by atoms with Crippen molar-refractivity contribution in [1.29, 1.82) is 0 Å². The van der Waals surface area contributed by atoms with Gasteiger partial charge in [-0.3, -0.25) is 9.59 Å². The molecule has 3 rings (SSSR count). The molecule has 1 aromatic heterocycles. The minimum absolute atomic E-state index is 0.132. The molecule has 0 aliphatic rings. The molecular formula is C21H20N2O2S. The first kappa shape index (κ1) is 18.0. The monoisotopic (exact) mass is 364 g/mol. The van der Waals surface area contributed by atoms with Gasteiger partial charge in [-0.25, -0.2) is 0 Å². The fraction of sp³-hybridized carbons (Fsp3) is 0.143. The minimum Gasteiger partial charge on any atom is -0.321 e. The van der Waals surface area contributed by atoms with Gasteiger partial charge in [0.1, 0.15) is 0 Å². The van der Waals surface area contributed by atoms with Crippen LogP contribution in [0.4, 0.5) is 5.69 Å². The molecule has 3 aromatic rings. The van der Waals surface area contributed by atoms with Gasteiger partial charge in [0.05, 0.1) is 17.8 Å². The Balaban J connectivity index is 1.84. The smallest absolute Gasteiger partial charge is 0.257 e. The molecular weight excluding hydrogens is 344 g/mol. The van der Waals surface area contributed by atoms with Gasteiger partial charge in [0.15, 0.2) is 0 Å². The number of amides is 1. The number of hydrogen-bond donors (Lipinski definition) is 1. The molecule has 1 amide bonds. The van der Waals surface area contributed by atoms with Gasteiger partial charge in [0.25, 0.3) is 11.5 Å². The third-order valence-corrected chi connectivity index (χ3v) is 4.83. The van der Waals surface area contributed by atoms with E-state index >= 15 is 0 Å². The maximum absolute atomic E-state index is 12.6. The Labute approximate surface area is 156 Å². The summed E-state index contributed by atoms with van der Waals surface area (Å²) in [5.74, 6) is -0.232. The maximum Gasteiger partial charge on any atom is 0.257 e. The molecule has 0 aliphatic heterocycles. The van der Waals surface area contributed by atoms with Gasteiger partial charge >= 0.3 is 0 Å². The number of rotatable bonds is 5. The van der Waals surface area contributed by atoms with Gasteiger partial charge in [-0.1, -0.05) is 42.0 Å². The second-order valence-corrected chi connectivity index (χ2v) is 6.88. The quantitative estimate of drug-likeness (QED) is 0.691. The summed E-state index contributed by atoms with van der Waals surface area (Å²) in [6.07, 6.45) is 3.58. The highest BCUT2D eigenvalue weighted by molar-refractivity contribution is 7.98. The van der Waals surface area contributed by atoms with Gasteiger partial charge in [-0.2, -0.15) is 0 Å². The van der Waals surface area contributed by atoms with E-state index in [1.165, 1.54) is 6.07 Å². The van der Waals surface area contributed by atoms with Crippen LogP contribution >= 0.6 is 11.8 Å². The van der Waals surface area contributed by atoms with Crippen molar-refractivity contribution in [2.45, 2.75) is 18.4 Å². The van der Waals surface area contributed by atoms with E-state index in [1.54, 1.807) is 28.6 Å². The van der Waals surface area contributed by atoms with E-state index in [2.05, 4.69) is 5.32 Å². The Bertz CT molecular complexity index is 995. The Hall–Kier alpha value is -2.79. The zero-order chi connectivity index (χ0) is 18.5. The van der Waals surface area contributed by atoms with Crippen molar-refractivity contribution in [2.75, 3.05) is 11.6 Å². The highest BCUT2D eigenvalue weighted by Gasteiger charge is 2.10. The topological polar surface area (TPSA) is 51.1 Å². The molecule has 2 aromatic carbocycles. The van der Waals surface area contributed by atoms with E-state index in [9.17, 15) is 9.59 Å². The molecule has 0 aliphatic carbocycles. The molecule has 0 bridgehead atoms. The number of para-hydroxylation sites is 1. The highest BCUT2D eigenvalue weighted by Crippen LogP contribution is 2.25. The SMILES string of the molecule is CSc1ccccc1NC(=O)c1ccc(=O)n(Cc2cccc(C)c2)c1. The van der Waals surface area contributed by atoms with Crippen LogP contribution < -0.4 is 10.9 Å². The lowest BCUT2D eigenvalue weighted by atomic mass is 10.1. The van der Waals surface area contributed by atoms with Gasteiger partial charge < -0.3 is 9.88 Å². The van der Waals surface area contributed by atoms with E-state index in [1.807, 2.05) is 61.7 Å². The minimum atomic E-state index is -0.232. The zero-order valence-electron chi connectivity index (χ0n) is 14.7. The summed E-state index contributed by atoms with van der Waals surface area (Å²) in [7, 11) is 0. The van der Waals surface area contributed by atoms with Gasteiger partial charge in [-0.05, 0) is 36.9 Å². The van der Waals surface area contributed by atoms with E-state index < -0.39 is 0 Å². The third-order valence-electron chi connectivity index (χ3n) is 4.04. The number of carbonyl (C=O) groups is 1. The second-order valence-electron chi connectivity index (χ2n) is 6.03. The zero-order valence-corrected chi connectivity index (χ0v) is 15.5. The fourth-order valence-electron chi connectivity index (χ4n) is 2.74. The summed E-state index contributed by atoms with van der Waals surface area (Å²) < 4.78 is 1.56. The second kappa shape index (κ2) is 8.06. The standard InChI is InChI=1S/C21H20N2O2S/c1-15-6-5-7-16(12-15)13-23-14-17(10-11-20(23)24)21(25)22-18-8-3-4-9-19(18)26-2/h3-12,14H,13H2,1-2H3,(H,22,25). The maximum atomic E-state index is 12.6. The number of hydrogen-bond acceptors (Lipinski definition) is 3. The molecule has 0 fully saturated rings. The van der Waals surface area contributed by atoms with Crippen molar-refractivity contribution >= 4 is 23.4 Å². The normalized spacial score (nSPS) is 10.5. The number of aromatic nitrogens is 1. The van der Waals surface area contributed by atoms with Crippen molar-refractivity contribution in [3.63, 3.8) is 0 Å². The first-order chi connectivity index (χ1) is 12.6. The van der Waals surface area contributed by atoms with Crippen molar-refractivity contribution in [2.24, 2.45) is 0 Å². The average Bonchev–Trinajstić information content (AvgIpc) is 2.64. The number of carbonyl (C=O) groups excluding carboxylic acids is 1. The molecule has 4 nitrogen and oxygen atoms in total. The van der Waals surface area contributed by atoms with Crippen LogP contribution in [0, 0.1) is 6.92 Å². The van der Waals surface area contributed by atoms with Crippen LogP contribution in [0.15, 0.2) is 76.6 Å². The molecule has 0 saturated carbocycles. The molecule has 1 N–H and O–H groups in total. The predicted molar refractivity (Wildman–Crippen MR) is 107 cm³/mol. The van der Waals surface area contributed by atoms with Crippen LogP contribution in [0.5, 0.6) is 0 Å². The summed E-state index contributed by atoms with van der Waals surface area (Å²) in [5.41, 5.74) is 3.25. The molecule has 0 saturated heterocycles. The summed E-state index contributed by atoms with van der Waals surface area (Å²) in [4.78, 5) is 25.8. The van der Waals surface area contributed by atoms with Gasteiger partial charge in [0.2, 0.25) is 0 Å². The average molecular weight is 364 g/mol. The summed E-state index contributed by atoms with van der Waals surface area (Å²) in [6, 6.07) is 18.6. The first-order valence-corrected chi connectivity index (χ1v) is 9.50. The van der Waals surface area contributed by atoms with Gasteiger partial charge in [-0.15, -0.1) is 11.8 Å². The van der Waals surface area contributed by atoms with Crippen LogP contribution in [0.2, 0.25) is 0 Å². The van der Waals surface area contributed by atoms with Crippen LogP contribution in [0.1, 0.15) is 21.5 Å². The third kappa shape index (κ3) is 4.24.